The van der Waals surface area contributed by atoms with Gasteiger partial charge in [-0.05, 0) is 39.5 Å². The zero-order valence-electron chi connectivity index (χ0n) is 10.1. The van der Waals surface area contributed by atoms with Gasteiger partial charge in [-0.15, -0.1) is 23.1 Å². The summed E-state index contributed by atoms with van der Waals surface area (Å²) in [5.74, 6) is 1.68. The van der Waals surface area contributed by atoms with Gasteiger partial charge in [-0.2, -0.15) is 0 Å². The molecule has 0 amide bonds. The number of benzene rings is 1. The minimum atomic E-state index is -0.476. The van der Waals surface area contributed by atoms with Crippen LogP contribution in [0.25, 0.3) is 0 Å². The van der Waals surface area contributed by atoms with Crippen molar-refractivity contribution in [3.63, 3.8) is 0 Å². The van der Waals surface area contributed by atoms with Crippen LogP contribution in [-0.2, 0) is 6.42 Å². The average Bonchev–Trinajstić information content (AvgIpc) is 2.84. The zero-order chi connectivity index (χ0) is 13.2. The van der Waals surface area contributed by atoms with Gasteiger partial charge in [0.15, 0.2) is 0 Å². The van der Waals surface area contributed by atoms with Crippen LogP contribution >= 0.6 is 39.0 Å². The molecule has 1 aliphatic heterocycles. The van der Waals surface area contributed by atoms with E-state index in [1.165, 1.54) is 4.88 Å². The first-order valence-electron chi connectivity index (χ1n) is 6.02. The number of rotatable bonds is 3. The Balaban J connectivity index is 1.69. The molecule has 0 fully saturated rings. The van der Waals surface area contributed by atoms with Gasteiger partial charge in [0.25, 0.3) is 0 Å². The summed E-state index contributed by atoms with van der Waals surface area (Å²) < 4.78 is 6.97. The summed E-state index contributed by atoms with van der Waals surface area (Å²) in [5.41, 5.74) is 0. The van der Waals surface area contributed by atoms with Crippen molar-refractivity contribution < 1.29 is 9.84 Å². The van der Waals surface area contributed by atoms with Crippen LogP contribution < -0.4 is 4.74 Å². The van der Waals surface area contributed by atoms with Crippen LogP contribution in [0, 0.1) is 0 Å². The van der Waals surface area contributed by atoms with Crippen molar-refractivity contribution in [2.75, 3.05) is 5.75 Å². The normalized spacial score (nSPS) is 19.6. The van der Waals surface area contributed by atoms with Crippen molar-refractivity contribution >= 4 is 39.0 Å². The first kappa shape index (κ1) is 13.5. The minimum absolute atomic E-state index is 0.145. The molecular weight excluding hydrogens is 344 g/mol. The van der Waals surface area contributed by atoms with E-state index in [-0.39, 0.29) is 6.10 Å². The van der Waals surface area contributed by atoms with Gasteiger partial charge in [0.05, 0.1) is 6.10 Å². The molecule has 19 heavy (non-hydrogen) atoms. The third-order valence-electron chi connectivity index (χ3n) is 3.05. The fraction of sp³-hybridized carbons (Fsp3) is 0.286. The van der Waals surface area contributed by atoms with Gasteiger partial charge in [0.1, 0.15) is 11.9 Å². The lowest BCUT2D eigenvalue weighted by Crippen LogP contribution is -2.37. The van der Waals surface area contributed by atoms with E-state index >= 15 is 0 Å². The Morgan fingerprint density at radius 3 is 3.00 bits per heavy atom. The lowest BCUT2D eigenvalue weighted by Gasteiger charge is -2.29. The Hall–Kier alpha value is -0.490. The summed E-state index contributed by atoms with van der Waals surface area (Å²) in [6.45, 7) is 0. The molecule has 1 aliphatic rings. The minimum Gasteiger partial charge on any atom is -0.486 e. The number of hydrogen-bond donors (Lipinski definition) is 1. The second-order valence-corrected chi connectivity index (χ2v) is 7.29. The molecule has 5 heteroatoms. The SMILES string of the molecule is OC(Cc1sccc1Br)C1CSc2ccccc2O1. The van der Waals surface area contributed by atoms with E-state index < -0.39 is 6.10 Å². The number of ether oxygens (including phenoxy) is 1. The van der Waals surface area contributed by atoms with Crippen molar-refractivity contribution in [1.29, 1.82) is 0 Å². The molecule has 2 atom stereocenters. The molecule has 1 N–H and O–H groups in total. The van der Waals surface area contributed by atoms with Crippen LogP contribution in [0.2, 0.25) is 0 Å². The van der Waals surface area contributed by atoms with Gasteiger partial charge >= 0.3 is 0 Å². The summed E-state index contributed by atoms with van der Waals surface area (Å²) in [6, 6.07) is 10.00. The average molecular weight is 357 g/mol. The summed E-state index contributed by atoms with van der Waals surface area (Å²) in [6.07, 6.45) is 0.00996. The molecule has 1 aromatic carbocycles. The Labute approximate surface area is 128 Å². The largest absolute Gasteiger partial charge is 0.486 e. The number of aliphatic hydroxyl groups excluding tert-OH is 1. The number of thioether (sulfide) groups is 1. The summed E-state index contributed by atoms with van der Waals surface area (Å²) in [7, 11) is 0. The van der Waals surface area contributed by atoms with E-state index in [1.807, 2.05) is 29.6 Å². The third kappa shape index (κ3) is 2.99. The van der Waals surface area contributed by atoms with Crippen LogP contribution in [0.5, 0.6) is 5.75 Å². The molecule has 0 spiro atoms. The monoisotopic (exact) mass is 356 g/mol. The van der Waals surface area contributed by atoms with Crippen molar-refractivity contribution in [3.05, 3.63) is 45.1 Å². The smallest absolute Gasteiger partial charge is 0.134 e. The zero-order valence-corrected chi connectivity index (χ0v) is 13.3. The maximum Gasteiger partial charge on any atom is 0.134 e. The lowest BCUT2D eigenvalue weighted by atomic mass is 10.1. The number of fused-ring (bicyclic) bond motifs is 1. The van der Waals surface area contributed by atoms with Crippen LogP contribution in [0.3, 0.4) is 0 Å². The quantitative estimate of drug-likeness (QED) is 0.902. The number of para-hydroxylation sites is 1. The first-order chi connectivity index (χ1) is 9.24. The molecule has 0 radical (unpaired) electrons. The van der Waals surface area contributed by atoms with Gasteiger partial charge in [0.2, 0.25) is 0 Å². The van der Waals surface area contributed by atoms with Crippen LogP contribution in [0.15, 0.2) is 45.1 Å². The third-order valence-corrected chi connectivity index (χ3v) is 6.14. The molecule has 3 rings (SSSR count). The van der Waals surface area contributed by atoms with Crippen molar-refractivity contribution in [2.24, 2.45) is 0 Å². The van der Waals surface area contributed by atoms with E-state index in [4.69, 9.17) is 4.74 Å². The number of hydrogen-bond acceptors (Lipinski definition) is 4. The van der Waals surface area contributed by atoms with E-state index in [9.17, 15) is 5.11 Å². The lowest BCUT2D eigenvalue weighted by molar-refractivity contribution is 0.0473. The fourth-order valence-corrected chi connectivity index (χ4v) is 4.65. The molecule has 2 heterocycles. The number of halogens is 1. The Morgan fingerprint density at radius 1 is 1.37 bits per heavy atom. The second kappa shape index (κ2) is 5.87. The first-order valence-corrected chi connectivity index (χ1v) is 8.68. The summed E-state index contributed by atoms with van der Waals surface area (Å²) in [5, 5.41) is 12.4. The molecule has 100 valence electrons. The molecule has 0 saturated heterocycles. The summed E-state index contributed by atoms with van der Waals surface area (Å²) in [4.78, 5) is 2.32. The fourth-order valence-electron chi connectivity index (χ4n) is 2.02. The maximum atomic E-state index is 10.3. The van der Waals surface area contributed by atoms with Crippen molar-refractivity contribution in [3.8, 4) is 5.75 Å². The summed E-state index contributed by atoms with van der Waals surface area (Å²) >= 11 is 6.90. The molecule has 1 aromatic heterocycles. The van der Waals surface area contributed by atoms with E-state index in [2.05, 4.69) is 22.0 Å². The molecule has 0 saturated carbocycles. The van der Waals surface area contributed by atoms with Crippen molar-refractivity contribution in [2.45, 2.75) is 23.5 Å². The molecule has 2 aromatic rings. The van der Waals surface area contributed by atoms with Crippen molar-refractivity contribution in [1.82, 2.24) is 0 Å². The van der Waals surface area contributed by atoms with Gasteiger partial charge in [-0.25, -0.2) is 0 Å². The molecule has 2 nitrogen and oxygen atoms in total. The highest BCUT2D eigenvalue weighted by atomic mass is 79.9. The molecule has 2 unspecified atom stereocenters. The standard InChI is InChI=1S/C14H13BrO2S2/c15-9-5-6-18-14(9)7-10(16)12-8-19-13-4-2-1-3-11(13)17-12/h1-6,10,12,16H,7-8H2. The predicted molar refractivity (Wildman–Crippen MR) is 83.3 cm³/mol. The topological polar surface area (TPSA) is 29.5 Å². The highest BCUT2D eigenvalue weighted by Gasteiger charge is 2.27. The van der Waals surface area contributed by atoms with Crippen LogP contribution in [-0.4, -0.2) is 23.1 Å². The molecule has 0 bridgehead atoms. The number of aliphatic hydroxyl groups is 1. The Bertz CT molecular complexity index is 570. The Morgan fingerprint density at radius 2 is 2.21 bits per heavy atom. The maximum absolute atomic E-state index is 10.3. The molecular formula is C14H13BrO2S2. The van der Waals surface area contributed by atoms with Gasteiger partial charge in [0, 0.05) is 26.4 Å². The second-order valence-electron chi connectivity index (χ2n) is 4.38. The van der Waals surface area contributed by atoms with Crippen LogP contribution in [0.1, 0.15) is 4.88 Å². The highest BCUT2D eigenvalue weighted by Crippen LogP contribution is 2.36. The number of thiophene rings is 1. The van der Waals surface area contributed by atoms with Gasteiger partial charge in [-0.1, -0.05) is 12.1 Å². The highest BCUT2D eigenvalue weighted by molar-refractivity contribution is 9.10. The van der Waals surface area contributed by atoms with E-state index in [1.54, 1.807) is 23.1 Å². The van der Waals surface area contributed by atoms with Gasteiger partial charge in [-0.3, -0.25) is 0 Å². The van der Waals surface area contributed by atoms with E-state index in [0.29, 0.717) is 6.42 Å². The van der Waals surface area contributed by atoms with E-state index in [0.717, 1.165) is 20.9 Å². The predicted octanol–water partition coefficient (Wildman–Crippen LogP) is 3.97. The van der Waals surface area contributed by atoms with Crippen LogP contribution in [0.4, 0.5) is 0 Å². The Kier molecular flexibility index (Phi) is 4.17. The molecule has 0 aliphatic carbocycles. The van der Waals surface area contributed by atoms with Gasteiger partial charge < -0.3 is 9.84 Å².